The van der Waals surface area contributed by atoms with E-state index in [9.17, 15) is 0 Å². The quantitative estimate of drug-likeness (QED) is 0.659. The Balaban J connectivity index is 1.71. The smallest absolute Gasteiger partial charge is 0.312 e. The van der Waals surface area contributed by atoms with Crippen LogP contribution >= 0.6 is 0 Å². The summed E-state index contributed by atoms with van der Waals surface area (Å²) < 4.78 is 5.00. The van der Waals surface area contributed by atoms with E-state index < -0.39 is 0 Å². The summed E-state index contributed by atoms with van der Waals surface area (Å²) in [5.41, 5.74) is 5.26. The number of hydrogen-bond donors (Lipinski definition) is 2. The van der Waals surface area contributed by atoms with Crippen LogP contribution in [0.15, 0.2) is 4.42 Å². The average molecular weight is 168 g/mol. The molecule has 2 rings (SSSR count). The van der Waals surface area contributed by atoms with E-state index in [0.717, 1.165) is 19.0 Å². The Labute approximate surface area is 70.3 Å². The zero-order valence-electron chi connectivity index (χ0n) is 6.79. The average Bonchev–Trinajstić information content (AvgIpc) is 2.76. The topological polar surface area (TPSA) is 77.0 Å². The van der Waals surface area contributed by atoms with Gasteiger partial charge in [0.1, 0.15) is 0 Å². The number of nitrogens with two attached hydrogens (primary N) is 1. The van der Waals surface area contributed by atoms with Crippen molar-refractivity contribution in [3.63, 3.8) is 0 Å². The maximum absolute atomic E-state index is 5.26. The molecule has 1 aromatic rings. The van der Waals surface area contributed by atoms with Crippen LogP contribution in [-0.2, 0) is 6.42 Å². The van der Waals surface area contributed by atoms with E-state index in [4.69, 9.17) is 10.2 Å². The highest BCUT2D eigenvalue weighted by atomic mass is 16.4. The molecule has 5 heteroatoms. The number of nitrogens with zero attached hydrogens (tertiary/aromatic N) is 2. The first-order valence-corrected chi connectivity index (χ1v) is 4.16. The summed E-state index contributed by atoms with van der Waals surface area (Å²) in [4.78, 5) is 0. The molecule has 1 fully saturated rings. The molecule has 0 amide bonds. The van der Waals surface area contributed by atoms with Crippen molar-refractivity contribution in [2.75, 3.05) is 12.3 Å². The Hall–Kier alpha value is -1.10. The zero-order valence-corrected chi connectivity index (χ0v) is 6.79. The van der Waals surface area contributed by atoms with Crippen molar-refractivity contribution in [1.82, 2.24) is 15.5 Å². The van der Waals surface area contributed by atoms with Crippen molar-refractivity contribution in [3.05, 3.63) is 5.89 Å². The fourth-order valence-electron chi connectivity index (χ4n) is 1.04. The van der Waals surface area contributed by atoms with E-state index in [1.165, 1.54) is 12.8 Å². The van der Waals surface area contributed by atoms with Crippen LogP contribution in [0.2, 0.25) is 0 Å². The molecule has 0 aromatic carbocycles. The van der Waals surface area contributed by atoms with Gasteiger partial charge in [-0.25, -0.2) is 0 Å². The molecule has 66 valence electrons. The van der Waals surface area contributed by atoms with Gasteiger partial charge in [-0.15, -0.1) is 5.10 Å². The molecule has 5 nitrogen and oxygen atoms in total. The Kier molecular flexibility index (Phi) is 1.95. The lowest BCUT2D eigenvalue weighted by Crippen LogP contribution is -2.19. The van der Waals surface area contributed by atoms with Crippen molar-refractivity contribution in [1.29, 1.82) is 0 Å². The Bertz CT molecular complexity index is 256. The molecule has 1 aromatic heterocycles. The largest absolute Gasteiger partial charge is 0.408 e. The lowest BCUT2D eigenvalue weighted by molar-refractivity contribution is 0.497. The fraction of sp³-hybridized carbons (Fsp3) is 0.714. The molecule has 1 heterocycles. The third kappa shape index (κ3) is 1.94. The molecule has 0 atom stereocenters. The van der Waals surface area contributed by atoms with Crippen molar-refractivity contribution in [3.8, 4) is 0 Å². The molecule has 0 saturated heterocycles. The molecule has 0 unspecified atom stereocenters. The number of nitrogens with one attached hydrogen (secondary N) is 1. The van der Waals surface area contributed by atoms with E-state index >= 15 is 0 Å². The summed E-state index contributed by atoms with van der Waals surface area (Å²) >= 11 is 0. The predicted octanol–water partition coefficient (Wildman–Crippen LogP) is -0.0537. The van der Waals surface area contributed by atoms with Crippen molar-refractivity contribution in [2.45, 2.75) is 25.3 Å². The van der Waals surface area contributed by atoms with Gasteiger partial charge in [0.15, 0.2) is 0 Å². The van der Waals surface area contributed by atoms with E-state index in [1.54, 1.807) is 0 Å². The van der Waals surface area contributed by atoms with Crippen LogP contribution in [0.1, 0.15) is 18.7 Å². The Morgan fingerprint density at radius 1 is 1.50 bits per heavy atom. The van der Waals surface area contributed by atoms with Crippen molar-refractivity contribution in [2.24, 2.45) is 0 Å². The van der Waals surface area contributed by atoms with Gasteiger partial charge in [0.05, 0.1) is 0 Å². The van der Waals surface area contributed by atoms with Gasteiger partial charge < -0.3 is 15.5 Å². The third-order valence-electron chi connectivity index (χ3n) is 1.83. The summed E-state index contributed by atoms with van der Waals surface area (Å²) in [6, 6.07) is 0.877. The van der Waals surface area contributed by atoms with Crippen LogP contribution in [-0.4, -0.2) is 22.8 Å². The number of hydrogen-bond acceptors (Lipinski definition) is 5. The van der Waals surface area contributed by atoms with Gasteiger partial charge in [-0.05, 0) is 12.8 Å². The normalized spacial score (nSPS) is 16.7. The summed E-state index contributed by atoms with van der Waals surface area (Å²) in [5.74, 6) is 0.612. The number of aromatic nitrogens is 2. The predicted molar refractivity (Wildman–Crippen MR) is 43.4 cm³/mol. The lowest BCUT2D eigenvalue weighted by atomic mass is 10.4. The SMILES string of the molecule is Nc1nnc(CCNC2CC2)o1. The van der Waals surface area contributed by atoms with Gasteiger partial charge in [-0.3, -0.25) is 0 Å². The summed E-state index contributed by atoms with van der Waals surface area (Å²) in [5, 5.41) is 10.7. The highest BCUT2D eigenvalue weighted by Crippen LogP contribution is 2.18. The molecule has 1 aliphatic rings. The molecule has 12 heavy (non-hydrogen) atoms. The molecule has 1 aliphatic carbocycles. The Morgan fingerprint density at radius 3 is 2.92 bits per heavy atom. The first kappa shape index (κ1) is 7.54. The fourth-order valence-corrected chi connectivity index (χ4v) is 1.04. The minimum absolute atomic E-state index is 0.149. The van der Waals surface area contributed by atoms with Gasteiger partial charge in [0.25, 0.3) is 0 Å². The van der Waals surface area contributed by atoms with E-state index in [1.807, 2.05) is 0 Å². The molecule has 1 saturated carbocycles. The standard InChI is InChI=1S/C7H12N4O/c8-7-11-10-6(12-7)3-4-9-5-1-2-5/h5,9H,1-4H2,(H2,8,11). The molecular weight excluding hydrogens is 156 g/mol. The second-order valence-electron chi connectivity index (χ2n) is 3.01. The van der Waals surface area contributed by atoms with Gasteiger partial charge in [0, 0.05) is 19.0 Å². The monoisotopic (exact) mass is 168 g/mol. The molecule has 0 aliphatic heterocycles. The Morgan fingerprint density at radius 2 is 2.33 bits per heavy atom. The van der Waals surface area contributed by atoms with Crippen LogP contribution in [0, 0.1) is 0 Å². The second kappa shape index (κ2) is 3.10. The maximum Gasteiger partial charge on any atom is 0.312 e. The zero-order chi connectivity index (χ0) is 8.39. The van der Waals surface area contributed by atoms with E-state index in [0.29, 0.717) is 5.89 Å². The number of nitrogen functional groups attached to an aromatic ring is 1. The number of rotatable bonds is 4. The summed E-state index contributed by atoms with van der Waals surface area (Å²) in [6.45, 7) is 0.895. The highest BCUT2D eigenvalue weighted by molar-refractivity contribution is 5.04. The molecular formula is C7H12N4O. The minimum atomic E-state index is 0.149. The van der Waals surface area contributed by atoms with Gasteiger partial charge in [-0.1, -0.05) is 5.10 Å². The van der Waals surface area contributed by atoms with Crippen molar-refractivity contribution < 1.29 is 4.42 Å². The van der Waals surface area contributed by atoms with Gasteiger partial charge in [0.2, 0.25) is 5.89 Å². The summed E-state index contributed by atoms with van der Waals surface area (Å²) in [6.07, 6.45) is 3.36. The number of anilines is 1. The van der Waals surface area contributed by atoms with Gasteiger partial charge >= 0.3 is 6.01 Å². The van der Waals surface area contributed by atoms with Crippen molar-refractivity contribution >= 4 is 6.01 Å². The molecule has 3 N–H and O–H groups in total. The van der Waals surface area contributed by atoms with Gasteiger partial charge in [-0.2, -0.15) is 0 Å². The van der Waals surface area contributed by atoms with Crippen LogP contribution in [0.4, 0.5) is 6.01 Å². The van der Waals surface area contributed by atoms with Crippen LogP contribution < -0.4 is 11.1 Å². The van der Waals surface area contributed by atoms with E-state index in [-0.39, 0.29) is 6.01 Å². The van der Waals surface area contributed by atoms with E-state index in [2.05, 4.69) is 15.5 Å². The van der Waals surface area contributed by atoms with Crippen LogP contribution in [0.5, 0.6) is 0 Å². The summed E-state index contributed by atoms with van der Waals surface area (Å²) in [7, 11) is 0. The first-order chi connectivity index (χ1) is 5.84. The first-order valence-electron chi connectivity index (χ1n) is 4.16. The maximum atomic E-state index is 5.26. The van der Waals surface area contributed by atoms with Crippen LogP contribution in [0.25, 0.3) is 0 Å². The molecule has 0 bridgehead atoms. The highest BCUT2D eigenvalue weighted by Gasteiger charge is 2.19. The van der Waals surface area contributed by atoms with Crippen LogP contribution in [0.3, 0.4) is 0 Å². The third-order valence-corrected chi connectivity index (χ3v) is 1.83. The second-order valence-corrected chi connectivity index (χ2v) is 3.01. The molecule has 0 spiro atoms. The minimum Gasteiger partial charge on any atom is -0.408 e. The molecule has 0 radical (unpaired) electrons. The lowest BCUT2D eigenvalue weighted by Gasteiger charge is -1.97.